The number of rotatable bonds is 1. The fraction of sp³-hybridized carbons (Fsp3) is 0.182. The van der Waals surface area contributed by atoms with E-state index in [1.54, 1.807) is 12.4 Å². The third kappa shape index (κ3) is 1.44. The molecule has 4 heteroatoms. The number of anilines is 1. The second-order valence-electron chi connectivity index (χ2n) is 3.52. The van der Waals surface area contributed by atoms with E-state index >= 15 is 0 Å². The Morgan fingerprint density at radius 1 is 1.20 bits per heavy atom. The van der Waals surface area contributed by atoms with E-state index < -0.39 is 0 Å². The molecule has 0 spiro atoms. The van der Waals surface area contributed by atoms with Crippen LogP contribution in [0.15, 0.2) is 30.6 Å². The van der Waals surface area contributed by atoms with Crippen LogP contribution in [0.5, 0.6) is 0 Å². The summed E-state index contributed by atoms with van der Waals surface area (Å²) in [5.41, 5.74) is 3.59. The van der Waals surface area contributed by atoms with E-state index in [4.69, 9.17) is 0 Å². The number of hydrogen-bond donors (Lipinski definition) is 1. The van der Waals surface area contributed by atoms with Crippen LogP contribution in [-0.2, 0) is 6.42 Å². The Morgan fingerprint density at radius 2 is 2.20 bits per heavy atom. The van der Waals surface area contributed by atoms with E-state index in [-0.39, 0.29) is 0 Å². The molecule has 0 amide bonds. The van der Waals surface area contributed by atoms with Crippen molar-refractivity contribution in [3.8, 4) is 11.4 Å². The van der Waals surface area contributed by atoms with E-state index in [1.807, 2.05) is 6.07 Å². The summed E-state index contributed by atoms with van der Waals surface area (Å²) in [6.07, 6.45) is 4.32. The number of hydrogen-bond acceptors (Lipinski definition) is 4. The lowest BCUT2D eigenvalue weighted by molar-refractivity contribution is 0.979. The van der Waals surface area contributed by atoms with Crippen LogP contribution in [0, 0.1) is 0 Å². The molecule has 0 radical (unpaired) electrons. The minimum atomic E-state index is 0.687. The van der Waals surface area contributed by atoms with Gasteiger partial charge in [0, 0.05) is 24.0 Å². The first-order valence-electron chi connectivity index (χ1n) is 4.94. The normalized spacial score (nSPS) is 13.3. The molecule has 1 N–H and O–H groups in total. The van der Waals surface area contributed by atoms with Crippen LogP contribution in [0.2, 0.25) is 0 Å². The summed E-state index contributed by atoms with van der Waals surface area (Å²) in [6.45, 7) is 1.02. The van der Waals surface area contributed by atoms with Crippen molar-refractivity contribution in [3.63, 3.8) is 0 Å². The van der Waals surface area contributed by atoms with Gasteiger partial charge in [-0.2, -0.15) is 5.10 Å². The highest BCUT2D eigenvalue weighted by Crippen LogP contribution is 2.26. The van der Waals surface area contributed by atoms with E-state index in [0.29, 0.717) is 5.82 Å². The number of nitrogens with one attached hydrogen (secondary N) is 1. The lowest BCUT2D eigenvalue weighted by atomic mass is 10.1. The number of benzene rings is 1. The zero-order valence-electron chi connectivity index (χ0n) is 8.14. The standard InChI is InChI=1S/C11H10N4/c1-2-10-8(3-4-12-10)7-9(1)11-13-5-6-14-15-11/h1-2,5-7,12H,3-4H2. The second-order valence-corrected chi connectivity index (χ2v) is 3.52. The molecule has 0 fully saturated rings. The van der Waals surface area contributed by atoms with Crippen LogP contribution in [-0.4, -0.2) is 21.7 Å². The van der Waals surface area contributed by atoms with Gasteiger partial charge in [-0.15, -0.1) is 5.10 Å². The molecule has 0 unspecified atom stereocenters. The monoisotopic (exact) mass is 198 g/mol. The van der Waals surface area contributed by atoms with Gasteiger partial charge in [0.1, 0.15) is 0 Å². The first kappa shape index (κ1) is 8.35. The molecule has 1 aliphatic heterocycles. The number of aromatic nitrogens is 3. The van der Waals surface area contributed by atoms with E-state index in [9.17, 15) is 0 Å². The molecule has 74 valence electrons. The van der Waals surface area contributed by atoms with Crippen molar-refractivity contribution >= 4 is 5.69 Å². The van der Waals surface area contributed by atoms with Crippen molar-refractivity contribution in [1.29, 1.82) is 0 Å². The van der Waals surface area contributed by atoms with E-state index in [0.717, 1.165) is 18.5 Å². The van der Waals surface area contributed by atoms with Crippen molar-refractivity contribution < 1.29 is 0 Å². The van der Waals surface area contributed by atoms with Crippen molar-refractivity contribution in [2.45, 2.75) is 6.42 Å². The minimum absolute atomic E-state index is 0.687. The average Bonchev–Trinajstić information content (AvgIpc) is 2.77. The van der Waals surface area contributed by atoms with Gasteiger partial charge in [0.2, 0.25) is 0 Å². The third-order valence-corrected chi connectivity index (χ3v) is 2.56. The fourth-order valence-electron chi connectivity index (χ4n) is 1.82. The van der Waals surface area contributed by atoms with Crippen LogP contribution in [0.4, 0.5) is 5.69 Å². The summed E-state index contributed by atoms with van der Waals surface area (Å²) in [5, 5.41) is 11.1. The summed E-state index contributed by atoms with van der Waals surface area (Å²) >= 11 is 0. The lowest BCUT2D eigenvalue weighted by Crippen LogP contribution is -1.91. The van der Waals surface area contributed by atoms with E-state index in [1.165, 1.54) is 11.3 Å². The second kappa shape index (κ2) is 3.31. The van der Waals surface area contributed by atoms with Gasteiger partial charge >= 0.3 is 0 Å². The molecular weight excluding hydrogens is 188 g/mol. The predicted molar refractivity (Wildman–Crippen MR) is 57.5 cm³/mol. The molecule has 1 aliphatic rings. The van der Waals surface area contributed by atoms with E-state index in [2.05, 4.69) is 32.6 Å². The average molecular weight is 198 g/mol. The minimum Gasteiger partial charge on any atom is -0.384 e. The molecule has 0 saturated carbocycles. The Labute approximate surface area is 87.4 Å². The summed E-state index contributed by atoms with van der Waals surface area (Å²) in [4.78, 5) is 4.18. The molecule has 1 aromatic carbocycles. The van der Waals surface area contributed by atoms with Gasteiger partial charge in [0.05, 0.1) is 6.20 Å². The molecule has 2 heterocycles. The summed E-state index contributed by atoms with van der Waals surface area (Å²) in [7, 11) is 0. The quantitative estimate of drug-likeness (QED) is 0.754. The van der Waals surface area contributed by atoms with Gasteiger partial charge in [0.15, 0.2) is 5.82 Å². The zero-order chi connectivity index (χ0) is 10.1. The molecule has 3 rings (SSSR count). The molecule has 15 heavy (non-hydrogen) atoms. The molecule has 0 atom stereocenters. The van der Waals surface area contributed by atoms with Crippen LogP contribution in [0.25, 0.3) is 11.4 Å². The first-order valence-corrected chi connectivity index (χ1v) is 4.94. The van der Waals surface area contributed by atoms with Crippen molar-refractivity contribution in [2.75, 3.05) is 11.9 Å². The van der Waals surface area contributed by atoms with Crippen molar-refractivity contribution in [2.24, 2.45) is 0 Å². The zero-order valence-corrected chi connectivity index (χ0v) is 8.14. The number of fused-ring (bicyclic) bond motifs is 1. The van der Waals surface area contributed by atoms with Crippen molar-refractivity contribution in [3.05, 3.63) is 36.2 Å². The maximum absolute atomic E-state index is 4.18. The molecule has 2 aromatic rings. The third-order valence-electron chi connectivity index (χ3n) is 2.56. The Hall–Kier alpha value is -1.97. The summed E-state index contributed by atoms with van der Waals surface area (Å²) < 4.78 is 0. The smallest absolute Gasteiger partial charge is 0.181 e. The van der Waals surface area contributed by atoms with Gasteiger partial charge in [-0.3, -0.25) is 0 Å². The maximum atomic E-state index is 4.18. The lowest BCUT2D eigenvalue weighted by Gasteiger charge is -2.02. The molecule has 0 aliphatic carbocycles. The predicted octanol–water partition coefficient (Wildman–Crippen LogP) is 1.51. The first-order chi connectivity index (χ1) is 7.43. The Morgan fingerprint density at radius 3 is 3.07 bits per heavy atom. The molecule has 4 nitrogen and oxygen atoms in total. The summed E-state index contributed by atoms with van der Waals surface area (Å²) in [5.74, 6) is 0.687. The molecule has 0 bridgehead atoms. The Balaban J connectivity index is 2.07. The molecule has 1 aromatic heterocycles. The largest absolute Gasteiger partial charge is 0.384 e. The van der Waals surface area contributed by atoms with Crippen LogP contribution in [0.1, 0.15) is 5.56 Å². The van der Waals surface area contributed by atoms with Crippen molar-refractivity contribution in [1.82, 2.24) is 15.2 Å². The molecular formula is C11H10N4. The van der Waals surface area contributed by atoms with Gasteiger partial charge in [-0.25, -0.2) is 4.98 Å². The Kier molecular flexibility index (Phi) is 1.84. The topological polar surface area (TPSA) is 50.7 Å². The highest BCUT2D eigenvalue weighted by atomic mass is 15.1. The highest BCUT2D eigenvalue weighted by Gasteiger charge is 2.11. The molecule has 0 saturated heterocycles. The van der Waals surface area contributed by atoms with Gasteiger partial charge in [-0.05, 0) is 30.2 Å². The van der Waals surface area contributed by atoms with Gasteiger partial charge in [-0.1, -0.05) is 0 Å². The SMILES string of the molecule is c1cnc(-c2ccc3c(c2)CCN3)nn1. The fourth-order valence-corrected chi connectivity index (χ4v) is 1.82. The van der Waals surface area contributed by atoms with Gasteiger partial charge < -0.3 is 5.32 Å². The highest BCUT2D eigenvalue weighted by molar-refractivity contribution is 5.65. The van der Waals surface area contributed by atoms with Crippen LogP contribution >= 0.6 is 0 Å². The van der Waals surface area contributed by atoms with Crippen LogP contribution < -0.4 is 5.32 Å². The summed E-state index contributed by atoms with van der Waals surface area (Å²) in [6, 6.07) is 6.23. The Bertz CT molecular complexity index is 481. The maximum Gasteiger partial charge on any atom is 0.181 e. The van der Waals surface area contributed by atoms with Crippen LogP contribution in [0.3, 0.4) is 0 Å². The number of nitrogens with zero attached hydrogens (tertiary/aromatic N) is 3. The van der Waals surface area contributed by atoms with Gasteiger partial charge in [0.25, 0.3) is 0 Å².